The van der Waals surface area contributed by atoms with E-state index in [0.29, 0.717) is 10.8 Å². The van der Waals surface area contributed by atoms with Crippen LogP contribution in [0.4, 0.5) is 22.9 Å². The highest BCUT2D eigenvalue weighted by Gasteiger charge is 2.13. The summed E-state index contributed by atoms with van der Waals surface area (Å²) in [5.41, 5.74) is 3.02. The number of nitrogens with zero attached hydrogens (tertiary/aromatic N) is 3. The second-order valence-corrected chi connectivity index (χ2v) is 7.07. The predicted octanol–water partition coefficient (Wildman–Crippen LogP) is 4.73. The second-order valence-electron chi connectivity index (χ2n) is 6.63. The van der Waals surface area contributed by atoms with Gasteiger partial charge in [0.25, 0.3) is 5.91 Å². The number of benzene rings is 2. The van der Waals surface area contributed by atoms with Crippen molar-refractivity contribution in [1.82, 2.24) is 10.2 Å². The summed E-state index contributed by atoms with van der Waals surface area (Å²) in [5, 5.41) is 14.7. The summed E-state index contributed by atoms with van der Waals surface area (Å²) in [6.45, 7) is 2.19. The van der Waals surface area contributed by atoms with Gasteiger partial charge in [-0.2, -0.15) is 0 Å². The molecule has 6 nitrogen and oxygen atoms in total. The zero-order chi connectivity index (χ0) is 19.3. The maximum absolute atomic E-state index is 12.4. The van der Waals surface area contributed by atoms with Crippen LogP contribution in [0.3, 0.4) is 0 Å². The fraction of sp³-hybridized carbons (Fsp3) is 0.190. The quantitative estimate of drug-likeness (QED) is 0.656. The van der Waals surface area contributed by atoms with E-state index in [1.807, 2.05) is 36.4 Å². The van der Waals surface area contributed by atoms with Crippen molar-refractivity contribution in [1.29, 1.82) is 0 Å². The van der Waals surface area contributed by atoms with E-state index in [1.54, 1.807) is 24.3 Å². The van der Waals surface area contributed by atoms with Crippen LogP contribution < -0.4 is 15.5 Å². The van der Waals surface area contributed by atoms with Crippen LogP contribution >= 0.6 is 11.6 Å². The van der Waals surface area contributed by atoms with Gasteiger partial charge in [-0.05, 0) is 73.5 Å². The molecule has 4 rings (SSSR count). The molecule has 1 saturated heterocycles. The van der Waals surface area contributed by atoms with Crippen LogP contribution in [0.1, 0.15) is 23.3 Å². The largest absolute Gasteiger partial charge is 0.372 e. The number of aromatic nitrogens is 2. The summed E-state index contributed by atoms with van der Waals surface area (Å²) in [7, 11) is 0. The van der Waals surface area contributed by atoms with Crippen LogP contribution in [0.25, 0.3) is 0 Å². The van der Waals surface area contributed by atoms with Crippen LogP contribution in [0.2, 0.25) is 5.02 Å². The molecule has 0 aliphatic carbocycles. The first kappa shape index (κ1) is 18.3. The van der Waals surface area contributed by atoms with Crippen molar-refractivity contribution in [2.24, 2.45) is 0 Å². The van der Waals surface area contributed by atoms with Crippen LogP contribution in [-0.4, -0.2) is 29.2 Å². The predicted molar refractivity (Wildman–Crippen MR) is 113 cm³/mol. The molecule has 0 saturated carbocycles. The fourth-order valence-corrected chi connectivity index (χ4v) is 3.25. The van der Waals surface area contributed by atoms with Crippen molar-refractivity contribution in [3.05, 3.63) is 71.4 Å². The molecule has 142 valence electrons. The standard InChI is InChI=1S/C21H20ClN5O/c22-15-3-5-16(6-4-15)23-20-12-11-19(25-26-20)21(28)24-17-7-9-18(10-8-17)27-13-1-2-14-27/h3-12H,1-2,13-14H2,(H,23,26)(H,24,28). The Bertz CT molecular complexity index is 936. The monoisotopic (exact) mass is 393 g/mol. The van der Waals surface area contributed by atoms with Crippen molar-refractivity contribution < 1.29 is 4.79 Å². The highest BCUT2D eigenvalue weighted by atomic mass is 35.5. The molecule has 0 spiro atoms. The molecule has 0 unspecified atom stereocenters. The molecule has 0 bridgehead atoms. The molecule has 7 heteroatoms. The van der Waals surface area contributed by atoms with Gasteiger partial charge in [0.2, 0.25) is 0 Å². The number of halogens is 1. The molecule has 2 aromatic carbocycles. The lowest BCUT2D eigenvalue weighted by Gasteiger charge is -2.17. The molecular weight excluding hydrogens is 374 g/mol. The van der Waals surface area contributed by atoms with Crippen molar-refractivity contribution >= 4 is 40.4 Å². The van der Waals surface area contributed by atoms with Crippen LogP contribution in [-0.2, 0) is 0 Å². The number of hydrogen-bond donors (Lipinski definition) is 2. The first-order valence-electron chi connectivity index (χ1n) is 9.20. The number of amides is 1. The van der Waals surface area contributed by atoms with Crippen LogP contribution in [0.5, 0.6) is 0 Å². The summed E-state index contributed by atoms with van der Waals surface area (Å²) in [6, 6.07) is 18.5. The molecule has 1 aliphatic rings. The number of carbonyl (C=O) groups excluding carboxylic acids is 1. The van der Waals surface area contributed by atoms with Crippen LogP contribution in [0, 0.1) is 0 Å². The van der Waals surface area contributed by atoms with Gasteiger partial charge < -0.3 is 15.5 Å². The molecule has 3 aromatic rings. The summed E-state index contributed by atoms with van der Waals surface area (Å²) in [4.78, 5) is 14.8. The molecule has 1 fully saturated rings. The first-order chi connectivity index (χ1) is 13.7. The van der Waals surface area contributed by atoms with Crippen molar-refractivity contribution in [2.45, 2.75) is 12.8 Å². The molecular formula is C21H20ClN5O. The minimum absolute atomic E-state index is 0.255. The van der Waals surface area contributed by atoms with Gasteiger partial charge in [0, 0.05) is 35.2 Å². The zero-order valence-corrected chi connectivity index (χ0v) is 16.0. The van der Waals surface area contributed by atoms with E-state index < -0.39 is 0 Å². The normalized spacial score (nSPS) is 13.4. The van der Waals surface area contributed by atoms with E-state index >= 15 is 0 Å². The molecule has 2 N–H and O–H groups in total. The Morgan fingerprint density at radius 2 is 1.54 bits per heavy atom. The van der Waals surface area contributed by atoms with E-state index in [9.17, 15) is 4.79 Å². The van der Waals surface area contributed by atoms with E-state index in [4.69, 9.17) is 11.6 Å². The third-order valence-corrected chi connectivity index (χ3v) is 4.86. The van der Waals surface area contributed by atoms with Crippen molar-refractivity contribution in [2.75, 3.05) is 28.6 Å². The Kier molecular flexibility index (Phi) is 5.39. The topological polar surface area (TPSA) is 70.2 Å². The number of rotatable bonds is 5. The van der Waals surface area contributed by atoms with Gasteiger partial charge in [0.1, 0.15) is 0 Å². The second kappa shape index (κ2) is 8.27. The highest BCUT2D eigenvalue weighted by molar-refractivity contribution is 6.30. The Hall–Kier alpha value is -3.12. The Balaban J connectivity index is 1.37. The van der Waals surface area contributed by atoms with Gasteiger partial charge >= 0.3 is 0 Å². The number of hydrogen-bond acceptors (Lipinski definition) is 5. The maximum atomic E-state index is 12.4. The van der Waals surface area contributed by atoms with Gasteiger partial charge in [-0.3, -0.25) is 4.79 Å². The Morgan fingerprint density at radius 1 is 0.857 bits per heavy atom. The van der Waals surface area contributed by atoms with Crippen molar-refractivity contribution in [3.63, 3.8) is 0 Å². The molecule has 0 radical (unpaired) electrons. The average Bonchev–Trinajstić information content (AvgIpc) is 3.26. The van der Waals surface area contributed by atoms with Gasteiger partial charge in [0.05, 0.1) is 0 Å². The summed E-state index contributed by atoms with van der Waals surface area (Å²) in [5.74, 6) is 0.258. The van der Waals surface area contributed by atoms with E-state index in [-0.39, 0.29) is 11.6 Å². The van der Waals surface area contributed by atoms with E-state index in [2.05, 4.69) is 25.7 Å². The van der Waals surface area contributed by atoms with Gasteiger partial charge in [-0.25, -0.2) is 0 Å². The summed E-state index contributed by atoms with van der Waals surface area (Å²) >= 11 is 5.88. The first-order valence-corrected chi connectivity index (χ1v) is 9.58. The molecule has 1 aliphatic heterocycles. The minimum Gasteiger partial charge on any atom is -0.372 e. The van der Waals surface area contributed by atoms with Crippen molar-refractivity contribution in [3.8, 4) is 0 Å². The SMILES string of the molecule is O=C(Nc1ccc(N2CCCC2)cc1)c1ccc(Nc2ccc(Cl)cc2)nn1. The van der Waals surface area contributed by atoms with Crippen LogP contribution in [0.15, 0.2) is 60.7 Å². The van der Waals surface area contributed by atoms with Gasteiger partial charge in [-0.15, -0.1) is 10.2 Å². The third-order valence-electron chi connectivity index (χ3n) is 4.61. The third kappa shape index (κ3) is 4.40. The molecule has 2 heterocycles. The molecule has 1 aromatic heterocycles. The highest BCUT2D eigenvalue weighted by Crippen LogP contribution is 2.22. The van der Waals surface area contributed by atoms with E-state index in [0.717, 1.165) is 24.5 Å². The van der Waals surface area contributed by atoms with Gasteiger partial charge in [0.15, 0.2) is 11.5 Å². The van der Waals surface area contributed by atoms with Gasteiger partial charge in [-0.1, -0.05) is 11.6 Å². The molecule has 1 amide bonds. The fourth-order valence-electron chi connectivity index (χ4n) is 3.13. The summed E-state index contributed by atoms with van der Waals surface area (Å²) in [6.07, 6.45) is 2.47. The lowest BCUT2D eigenvalue weighted by atomic mass is 10.2. The minimum atomic E-state index is -0.292. The molecule has 0 atom stereocenters. The molecule has 28 heavy (non-hydrogen) atoms. The average molecular weight is 394 g/mol. The number of anilines is 4. The Labute approximate surface area is 168 Å². The van der Waals surface area contributed by atoms with E-state index in [1.165, 1.54) is 18.5 Å². The lowest BCUT2D eigenvalue weighted by molar-refractivity contribution is 0.102. The zero-order valence-electron chi connectivity index (χ0n) is 15.2. The number of carbonyl (C=O) groups is 1. The maximum Gasteiger partial charge on any atom is 0.276 e. The lowest BCUT2D eigenvalue weighted by Crippen LogP contribution is -2.18. The smallest absolute Gasteiger partial charge is 0.276 e. The Morgan fingerprint density at radius 3 is 2.18 bits per heavy atom. The summed E-state index contributed by atoms with van der Waals surface area (Å²) < 4.78 is 0. The number of nitrogens with one attached hydrogen (secondary N) is 2.